The minimum Gasteiger partial charge on any atom is -0.461 e. The van der Waals surface area contributed by atoms with Gasteiger partial charge < -0.3 is 8.98 Å². The maximum Gasteiger partial charge on any atom is 0.241 e. The molecule has 7 nitrogen and oxygen atoms in total. The number of aromatic nitrogens is 3. The lowest BCUT2D eigenvalue weighted by atomic mass is 10.2. The first kappa shape index (κ1) is 15.6. The average molecular weight is 338 g/mol. The Hall–Kier alpha value is -2.26. The van der Waals surface area contributed by atoms with Crippen molar-refractivity contribution in [2.75, 3.05) is 6.54 Å². The Morgan fingerprint density at radius 1 is 1.30 bits per heavy atom. The molecule has 0 saturated carbocycles. The van der Waals surface area contributed by atoms with E-state index in [0.29, 0.717) is 12.2 Å². The van der Waals surface area contributed by atoms with Gasteiger partial charge in [0.1, 0.15) is 11.6 Å². The van der Waals surface area contributed by atoms with E-state index in [2.05, 4.69) is 14.9 Å². The fourth-order valence-corrected chi connectivity index (χ4v) is 3.50. The molecule has 0 amide bonds. The molecule has 0 spiro atoms. The zero-order valence-corrected chi connectivity index (χ0v) is 13.4. The lowest BCUT2D eigenvalue weighted by Crippen LogP contribution is -2.26. The minimum absolute atomic E-state index is 0.0169. The van der Waals surface area contributed by atoms with Crippen molar-refractivity contribution in [1.29, 1.82) is 0 Å². The van der Waals surface area contributed by atoms with Gasteiger partial charge in [0.2, 0.25) is 10.0 Å². The van der Waals surface area contributed by atoms with Crippen LogP contribution in [0.15, 0.2) is 33.8 Å². The first-order valence-corrected chi connectivity index (χ1v) is 8.38. The van der Waals surface area contributed by atoms with Gasteiger partial charge >= 0.3 is 0 Å². The van der Waals surface area contributed by atoms with Crippen molar-refractivity contribution in [3.05, 3.63) is 41.9 Å². The molecule has 1 aromatic carbocycles. The second kappa shape index (κ2) is 5.74. The van der Waals surface area contributed by atoms with Gasteiger partial charge in [-0.3, -0.25) is 0 Å². The number of fused-ring (bicyclic) bond motifs is 1. The number of hydrogen-bond acceptors (Lipinski definition) is 5. The molecule has 0 unspecified atom stereocenters. The molecule has 122 valence electrons. The molecule has 9 heteroatoms. The smallest absolute Gasteiger partial charge is 0.241 e. The minimum atomic E-state index is -3.78. The number of hydrogen-bond donors (Lipinski definition) is 1. The molecule has 0 radical (unpaired) electrons. The van der Waals surface area contributed by atoms with Gasteiger partial charge in [-0.25, -0.2) is 17.5 Å². The number of rotatable bonds is 5. The monoisotopic (exact) mass is 338 g/mol. The molecule has 3 rings (SSSR count). The van der Waals surface area contributed by atoms with Crippen LogP contribution in [0.5, 0.6) is 0 Å². The topological polar surface area (TPSA) is 90.0 Å². The third-order valence-electron chi connectivity index (χ3n) is 3.64. The summed E-state index contributed by atoms with van der Waals surface area (Å²) in [5.41, 5.74) is -0.0724. The Kier molecular flexibility index (Phi) is 3.90. The van der Waals surface area contributed by atoms with Gasteiger partial charge in [0, 0.05) is 25.4 Å². The molecule has 3 aromatic rings. The maximum atomic E-state index is 13.6. The van der Waals surface area contributed by atoms with Crippen molar-refractivity contribution >= 4 is 21.0 Å². The van der Waals surface area contributed by atoms with Gasteiger partial charge in [0.25, 0.3) is 0 Å². The van der Waals surface area contributed by atoms with Crippen LogP contribution in [0.2, 0.25) is 0 Å². The molecule has 2 heterocycles. The summed E-state index contributed by atoms with van der Waals surface area (Å²) in [6.07, 6.45) is 1.65. The normalized spacial score (nSPS) is 12.1. The molecule has 0 aliphatic rings. The van der Waals surface area contributed by atoms with Gasteiger partial charge in [-0.1, -0.05) is 0 Å². The molecular formula is C14H15FN4O3S. The molecule has 23 heavy (non-hydrogen) atoms. The van der Waals surface area contributed by atoms with E-state index >= 15 is 0 Å². The summed E-state index contributed by atoms with van der Waals surface area (Å²) >= 11 is 0. The Morgan fingerprint density at radius 3 is 2.78 bits per heavy atom. The van der Waals surface area contributed by atoms with E-state index in [1.165, 1.54) is 18.4 Å². The number of aryl methyl sites for hydroxylation is 1. The van der Waals surface area contributed by atoms with E-state index in [4.69, 9.17) is 4.42 Å². The van der Waals surface area contributed by atoms with Crippen LogP contribution in [0.1, 0.15) is 11.6 Å². The Bertz CT molecular complexity index is 962. The van der Waals surface area contributed by atoms with E-state index in [9.17, 15) is 12.8 Å². The summed E-state index contributed by atoms with van der Waals surface area (Å²) in [6, 6.07) is 3.73. The highest BCUT2D eigenvalue weighted by Crippen LogP contribution is 2.26. The molecule has 0 atom stereocenters. The number of nitrogens with zero attached hydrogens (tertiary/aromatic N) is 3. The van der Waals surface area contributed by atoms with Crippen LogP contribution in [0.25, 0.3) is 11.0 Å². The zero-order valence-electron chi connectivity index (χ0n) is 12.6. The summed E-state index contributed by atoms with van der Waals surface area (Å²) in [7, 11) is -1.97. The lowest BCUT2D eigenvalue weighted by molar-refractivity contribution is 0.558. The fraction of sp³-hybridized carbons (Fsp3) is 0.286. The summed E-state index contributed by atoms with van der Waals surface area (Å²) in [6.45, 7) is 1.97. The van der Waals surface area contributed by atoms with E-state index in [0.717, 1.165) is 11.9 Å². The van der Waals surface area contributed by atoms with Gasteiger partial charge in [0.15, 0.2) is 11.4 Å². The molecular weight excluding hydrogens is 323 g/mol. The van der Waals surface area contributed by atoms with E-state index in [-0.39, 0.29) is 22.4 Å². The predicted molar refractivity (Wildman–Crippen MR) is 80.8 cm³/mol. The van der Waals surface area contributed by atoms with E-state index < -0.39 is 15.8 Å². The Labute approximate surface area is 132 Å². The van der Waals surface area contributed by atoms with Gasteiger partial charge in [-0.2, -0.15) is 0 Å². The summed E-state index contributed by atoms with van der Waals surface area (Å²) in [5.74, 6) is 0.831. The number of sulfonamides is 1. The predicted octanol–water partition coefficient (Wildman–Crippen LogP) is 1.53. The molecule has 2 aromatic heterocycles. The largest absolute Gasteiger partial charge is 0.461 e. The highest BCUT2D eigenvalue weighted by molar-refractivity contribution is 7.89. The van der Waals surface area contributed by atoms with Crippen molar-refractivity contribution in [1.82, 2.24) is 19.5 Å². The SMILES string of the molecule is Cc1nnc(CCNS(=O)(=O)c2ccc(F)c3occc23)n1C. The van der Waals surface area contributed by atoms with Crippen molar-refractivity contribution in [3.63, 3.8) is 0 Å². The van der Waals surface area contributed by atoms with Crippen LogP contribution in [0.3, 0.4) is 0 Å². The lowest BCUT2D eigenvalue weighted by Gasteiger charge is -2.08. The average Bonchev–Trinajstić information content (AvgIpc) is 3.10. The molecule has 0 saturated heterocycles. The molecule has 0 fully saturated rings. The first-order valence-electron chi connectivity index (χ1n) is 6.90. The fourth-order valence-electron chi connectivity index (χ4n) is 2.28. The van der Waals surface area contributed by atoms with Gasteiger partial charge in [0.05, 0.1) is 11.2 Å². The highest BCUT2D eigenvalue weighted by atomic mass is 32.2. The quantitative estimate of drug-likeness (QED) is 0.762. The molecule has 0 aliphatic carbocycles. The summed E-state index contributed by atoms with van der Waals surface area (Å²) < 4.78 is 47.7. The summed E-state index contributed by atoms with van der Waals surface area (Å²) in [4.78, 5) is -0.0169. The molecule has 1 N–H and O–H groups in total. The maximum absolute atomic E-state index is 13.6. The van der Waals surface area contributed by atoms with Crippen molar-refractivity contribution in [2.24, 2.45) is 7.05 Å². The van der Waals surface area contributed by atoms with Crippen LogP contribution in [0.4, 0.5) is 4.39 Å². The van der Waals surface area contributed by atoms with Crippen LogP contribution in [0, 0.1) is 12.7 Å². The van der Waals surface area contributed by atoms with E-state index in [1.54, 1.807) is 4.57 Å². The van der Waals surface area contributed by atoms with Crippen molar-refractivity contribution in [3.8, 4) is 0 Å². The van der Waals surface area contributed by atoms with Gasteiger partial charge in [-0.05, 0) is 25.1 Å². The van der Waals surface area contributed by atoms with Crippen LogP contribution < -0.4 is 4.72 Å². The second-order valence-electron chi connectivity index (χ2n) is 5.08. The molecule has 0 bridgehead atoms. The van der Waals surface area contributed by atoms with Crippen LogP contribution >= 0.6 is 0 Å². The van der Waals surface area contributed by atoms with Crippen LogP contribution in [-0.4, -0.2) is 29.7 Å². The standard InChI is InChI=1S/C14H15FN4O3S/c1-9-17-18-13(19(9)2)5-7-16-23(20,21)12-4-3-11(15)14-10(12)6-8-22-14/h3-4,6,8,16H,5,7H2,1-2H3. The highest BCUT2D eigenvalue weighted by Gasteiger charge is 2.20. The third kappa shape index (κ3) is 2.84. The third-order valence-corrected chi connectivity index (χ3v) is 5.16. The number of nitrogens with one attached hydrogen (secondary N) is 1. The van der Waals surface area contributed by atoms with Crippen molar-refractivity contribution < 1.29 is 17.2 Å². The number of furan rings is 1. The van der Waals surface area contributed by atoms with Crippen molar-refractivity contribution in [2.45, 2.75) is 18.2 Å². The van der Waals surface area contributed by atoms with E-state index in [1.807, 2.05) is 14.0 Å². The first-order chi connectivity index (χ1) is 10.9. The zero-order chi connectivity index (χ0) is 16.6. The Morgan fingerprint density at radius 2 is 2.09 bits per heavy atom. The second-order valence-corrected chi connectivity index (χ2v) is 6.81. The summed E-state index contributed by atoms with van der Waals surface area (Å²) in [5, 5.41) is 8.10. The van der Waals surface area contributed by atoms with Crippen LogP contribution in [-0.2, 0) is 23.5 Å². The number of benzene rings is 1. The Balaban J connectivity index is 1.80. The molecule has 0 aliphatic heterocycles. The van der Waals surface area contributed by atoms with Gasteiger partial charge in [-0.15, -0.1) is 10.2 Å². The number of halogens is 1.